The molecule has 3 heteroatoms. The van der Waals surface area contributed by atoms with Crippen LogP contribution < -0.4 is 9.47 Å². The van der Waals surface area contributed by atoms with E-state index in [0.29, 0.717) is 18.6 Å². The van der Waals surface area contributed by atoms with E-state index in [2.05, 4.69) is 12.1 Å². The lowest BCUT2D eigenvalue weighted by atomic mass is 9.90. The van der Waals surface area contributed by atoms with E-state index in [9.17, 15) is 5.11 Å². The van der Waals surface area contributed by atoms with E-state index in [1.54, 1.807) is 14.2 Å². The summed E-state index contributed by atoms with van der Waals surface area (Å²) in [5.74, 6) is 1.42. The largest absolute Gasteiger partial charge is 0.497 e. The van der Waals surface area contributed by atoms with Crippen LogP contribution in [0.25, 0.3) is 0 Å². The molecule has 104 valence electrons. The zero-order valence-electron chi connectivity index (χ0n) is 11.7. The number of aliphatic hydroxyl groups is 1. The number of benzene rings is 2. The molecule has 0 bridgehead atoms. The minimum Gasteiger partial charge on any atom is -0.497 e. The molecule has 3 nitrogen and oxygen atoms in total. The van der Waals surface area contributed by atoms with Crippen molar-refractivity contribution in [2.75, 3.05) is 14.2 Å². The molecule has 0 saturated heterocycles. The van der Waals surface area contributed by atoms with Crippen molar-refractivity contribution in [2.45, 2.75) is 18.4 Å². The Labute approximate surface area is 118 Å². The van der Waals surface area contributed by atoms with Crippen LogP contribution in [0.3, 0.4) is 0 Å². The molecule has 0 heterocycles. The number of methoxy groups -OCH3 is 2. The number of rotatable bonds is 3. The third kappa shape index (κ3) is 2.04. The van der Waals surface area contributed by atoms with E-state index in [4.69, 9.17) is 9.47 Å². The van der Waals surface area contributed by atoms with Crippen molar-refractivity contribution in [2.24, 2.45) is 0 Å². The van der Waals surface area contributed by atoms with Crippen LogP contribution in [0.1, 0.15) is 16.7 Å². The molecule has 1 aliphatic rings. The van der Waals surface area contributed by atoms with Crippen LogP contribution in [0.5, 0.6) is 11.5 Å². The first-order valence-electron chi connectivity index (χ1n) is 6.68. The van der Waals surface area contributed by atoms with Gasteiger partial charge in [-0.05, 0) is 29.3 Å². The van der Waals surface area contributed by atoms with Crippen LogP contribution in [-0.4, -0.2) is 19.3 Å². The lowest BCUT2D eigenvalue weighted by Crippen LogP contribution is -2.26. The zero-order chi connectivity index (χ0) is 14.2. The molecule has 0 unspecified atom stereocenters. The first kappa shape index (κ1) is 13.0. The maximum absolute atomic E-state index is 11.1. The summed E-state index contributed by atoms with van der Waals surface area (Å²) in [6.07, 6.45) is 1.21. The standard InChI is InChI=1S/C17H18O3/c1-19-14-7-8-16(20-2)15(9-14)17(18)10-12-5-3-4-6-13(12)11-17/h3-9,18H,10-11H2,1-2H3. The first-order chi connectivity index (χ1) is 9.66. The predicted molar refractivity (Wildman–Crippen MR) is 77.3 cm³/mol. The van der Waals surface area contributed by atoms with Crippen molar-refractivity contribution < 1.29 is 14.6 Å². The summed E-state index contributed by atoms with van der Waals surface area (Å²) in [7, 11) is 3.25. The van der Waals surface area contributed by atoms with Gasteiger partial charge >= 0.3 is 0 Å². The minimum atomic E-state index is -0.927. The Morgan fingerprint density at radius 1 is 0.950 bits per heavy atom. The van der Waals surface area contributed by atoms with E-state index in [1.165, 1.54) is 11.1 Å². The van der Waals surface area contributed by atoms with Crippen LogP contribution >= 0.6 is 0 Å². The van der Waals surface area contributed by atoms with Gasteiger partial charge in [-0.25, -0.2) is 0 Å². The van der Waals surface area contributed by atoms with Crippen molar-refractivity contribution in [1.29, 1.82) is 0 Å². The monoisotopic (exact) mass is 270 g/mol. The number of ether oxygens (including phenoxy) is 2. The Balaban J connectivity index is 2.05. The van der Waals surface area contributed by atoms with Crippen LogP contribution in [0.2, 0.25) is 0 Å². The van der Waals surface area contributed by atoms with Gasteiger partial charge in [0.15, 0.2) is 0 Å². The lowest BCUT2D eigenvalue weighted by Gasteiger charge is -2.25. The van der Waals surface area contributed by atoms with Gasteiger partial charge in [-0.3, -0.25) is 0 Å². The van der Waals surface area contributed by atoms with Crippen LogP contribution in [0.15, 0.2) is 42.5 Å². The van der Waals surface area contributed by atoms with Gasteiger partial charge in [-0.15, -0.1) is 0 Å². The average Bonchev–Trinajstić information content (AvgIpc) is 2.83. The molecule has 0 aromatic heterocycles. The van der Waals surface area contributed by atoms with Gasteiger partial charge in [0.1, 0.15) is 17.1 Å². The topological polar surface area (TPSA) is 38.7 Å². The normalized spacial score (nSPS) is 15.8. The van der Waals surface area contributed by atoms with Crippen molar-refractivity contribution in [3.05, 3.63) is 59.2 Å². The molecule has 0 saturated carbocycles. The van der Waals surface area contributed by atoms with Gasteiger partial charge in [-0.1, -0.05) is 24.3 Å². The van der Waals surface area contributed by atoms with Crippen molar-refractivity contribution in [3.8, 4) is 11.5 Å². The van der Waals surface area contributed by atoms with Gasteiger partial charge in [0.05, 0.1) is 14.2 Å². The van der Waals surface area contributed by atoms with E-state index < -0.39 is 5.60 Å². The SMILES string of the molecule is COc1ccc(OC)c(C2(O)Cc3ccccc3C2)c1. The van der Waals surface area contributed by atoms with Gasteiger partial charge in [0.25, 0.3) is 0 Å². The molecule has 0 aliphatic heterocycles. The summed E-state index contributed by atoms with van der Waals surface area (Å²) < 4.78 is 10.7. The molecule has 0 spiro atoms. The second kappa shape index (κ2) is 4.84. The highest BCUT2D eigenvalue weighted by atomic mass is 16.5. The first-order valence-corrected chi connectivity index (χ1v) is 6.68. The molecule has 0 amide bonds. The summed E-state index contributed by atoms with van der Waals surface area (Å²) in [5, 5.41) is 11.1. The van der Waals surface area contributed by atoms with Crippen LogP contribution in [0.4, 0.5) is 0 Å². The Hall–Kier alpha value is -2.00. The quantitative estimate of drug-likeness (QED) is 0.932. The van der Waals surface area contributed by atoms with E-state index >= 15 is 0 Å². The fourth-order valence-electron chi connectivity index (χ4n) is 2.96. The van der Waals surface area contributed by atoms with E-state index in [-0.39, 0.29) is 0 Å². The summed E-state index contributed by atoms with van der Waals surface area (Å²) in [4.78, 5) is 0. The smallest absolute Gasteiger partial charge is 0.125 e. The van der Waals surface area contributed by atoms with Gasteiger partial charge in [0, 0.05) is 18.4 Å². The van der Waals surface area contributed by atoms with Gasteiger partial charge < -0.3 is 14.6 Å². The third-order valence-corrected chi connectivity index (χ3v) is 3.99. The molecule has 2 aromatic carbocycles. The maximum atomic E-state index is 11.1. The molecule has 0 radical (unpaired) electrons. The molecule has 1 aliphatic carbocycles. The van der Waals surface area contributed by atoms with Crippen molar-refractivity contribution in [1.82, 2.24) is 0 Å². The maximum Gasteiger partial charge on any atom is 0.125 e. The van der Waals surface area contributed by atoms with Gasteiger partial charge in [0.2, 0.25) is 0 Å². The molecule has 20 heavy (non-hydrogen) atoms. The molecular formula is C17H18O3. The summed E-state index contributed by atoms with van der Waals surface area (Å²) >= 11 is 0. The summed E-state index contributed by atoms with van der Waals surface area (Å²) in [5.41, 5.74) is 2.25. The summed E-state index contributed by atoms with van der Waals surface area (Å²) in [6, 6.07) is 13.7. The van der Waals surface area contributed by atoms with E-state index in [0.717, 1.165) is 11.3 Å². The fraction of sp³-hybridized carbons (Fsp3) is 0.294. The van der Waals surface area contributed by atoms with Crippen molar-refractivity contribution >= 4 is 0 Å². The fourth-order valence-corrected chi connectivity index (χ4v) is 2.96. The lowest BCUT2D eigenvalue weighted by molar-refractivity contribution is 0.0454. The molecule has 0 fully saturated rings. The number of fused-ring (bicyclic) bond motifs is 1. The Kier molecular flexibility index (Phi) is 3.14. The Bertz CT molecular complexity index is 609. The average molecular weight is 270 g/mol. The Morgan fingerprint density at radius 2 is 1.60 bits per heavy atom. The Morgan fingerprint density at radius 3 is 2.15 bits per heavy atom. The molecule has 3 rings (SSSR count). The highest BCUT2D eigenvalue weighted by Crippen LogP contribution is 2.42. The second-order valence-corrected chi connectivity index (χ2v) is 5.22. The highest BCUT2D eigenvalue weighted by molar-refractivity contribution is 5.48. The predicted octanol–water partition coefficient (Wildman–Crippen LogP) is 2.69. The highest BCUT2D eigenvalue weighted by Gasteiger charge is 2.38. The number of hydrogen-bond donors (Lipinski definition) is 1. The van der Waals surface area contributed by atoms with Crippen LogP contribution in [0, 0.1) is 0 Å². The molecule has 0 atom stereocenters. The third-order valence-electron chi connectivity index (χ3n) is 3.99. The summed E-state index contributed by atoms with van der Waals surface area (Å²) in [6.45, 7) is 0. The van der Waals surface area contributed by atoms with Crippen LogP contribution in [-0.2, 0) is 18.4 Å². The zero-order valence-corrected chi connectivity index (χ0v) is 11.7. The molecule has 1 N–H and O–H groups in total. The minimum absolute atomic E-state index is 0.604. The van der Waals surface area contributed by atoms with Crippen molar-refractivity contribution in [3.63, 3.8) is 0 Å². The number of hydrogen-bond acceptors (Lipinski definition) is 3. The molecular weight excluding hydrogens is 252 g/mol. The van der Waals surface area contributed by atoms with Gasteiger partial charge in [-0.2, -0.15) is 0 Å². The molecule has 2 aromatic rings. The second-order valence-electron chi connectivity index (χ2n) is 5.22. The van der Waals surface area contributed by atoms with E-state index in [1.807, 2.05) is 30.3 Å².